The third-order valence-corrected chi connectivity index (χ3v) is 3.43. The molecule has 94 valence electrons. The van der Waals surface area contributed by atoms with Gasteiger partial charge in [-0.05, 0) is 11.8 Å². The monoisotopic (exact) mass is 255 g/mol. The van der Waals surface area contributed by atoms with Crippen LogP contribution in [0.25, 0.3) is 0 Å². The van der Waals surface area contributed by atoms with Crippen LogP contribution in [0, 0.1) is 0 Å². The van der Waals surface area contributed by atoms with Gasteiger partial charge in [0.25, 0.3) is 0 Å². The highest BCUT2D eigenvalue weighted by molar-refractivity contribution is 7.08. The molecule has 0 N–H and O–H groups in total. The fourth-order valence-corrected chi connectivity index (χ4v) is 2.42. The summed E-state index contributed by atoms with van der Waals surface area (Å²) in [5.74, 6) is 0.902. The third-order valence-electron chi connectivity index (χ3n) is 2.66. The zero-order valence-electron chi connectivity index (χ0n) is 9.98. The zero-order chi connectivity index (χ0) is 12.1. The largest absolute Gasteiger partial charge is 0.491 e. The minimum Gasteiger partial charge on any atom is -0.491 e. The van der Waals surface area contributed by atoms with E-state index in [-0.39, 0.29) is 6.09 Å². The lowest BCUT2D eigenvalue weighted by atomic mass is 10.3. The number of amides is 1. The Labute approximate surface area is 105 Å². The normalized spacial score (nSPS) is 14.8. The minimum atomic E-state index is -0.235. The van der Waals surface area contributed by atoms with Crippen LogP contribution in [0.1, 0.15) is 25.3 Å². The van der Waals surface area contributed by atoms with E-state index >= 15 is 0 Å². The molecule has 0 atom stereocenters. The molecular formula is C12H17NO3S. The number of unbranched alkanes of at least 4 members (excludes halogenated alkanes) is 1. The van der Waals surface area contributed by atoms with Crippen LogP contribution >= 0.6 is 11.3 Å². The number of rotatable bonds is 3. The number of carbonyl (C=O) groups excluding carboxylic acids is 1. The standard InChI is InChI=1S/C12H17NO3S/c1-2-3-5-16-12(14)13-4-6-15-11-9-17-8-10(11)7-13/h8-9H,2-7H2,1H3. The molecule has 4 nitrogen and oxygen atoms in total. The van der Waals surface area contributed by atoms with E-state index in [9.17, 15) is 4.79 Å². The first-order valence-corrected chi connectivity index (χ1v) is 6.85. The lowest BCUT2D eigenvalue weighted by Gasteiger charge is -2.18. The summed E-state index contributed by atoms with van der Waals surface area (Å²) in [7, 11) is 0. The SMILES string of the molecule is CCCCOC(=O)N1CCOc2cscc2C1. The fourth-order valence-electron chi connectivity index (χ4n) is 1.66. The fraction of sp³-hybridized carbons (Fsp3) is 0.583. The second-order valence-electron chi connectivity index (χ2n) is 4.00. The Kier molecular flexibility index (Phi) is 4.25. The Balaban J connectivity index is 1.91. The Morgan fingerprint density at radius 1 is 1.59 bits per heavy atom. The van der Waals surface area contributed by atoms with Gasteiger partial charge in [0.05, 0.1) is 19.7 Å². The summed E-state index contributed by atoms with van der Waals surface area (Å²) in [6.45, 7) is 4.29. The predicted molar refractivity (Wildman–Crippen MR) is 66.5 cm³/mol. The van der Waals surface area contributed by atoms with E-state index in [2.05, 4.69) is 6.92 Å². The molecule has 1 amide bonds. The van der Waals surface area contributed by atoms with Crippen molar-refractivity contribution in [2.75, 3.05) is 19.8 Å². The Morgan fingerprint density at radius 3 is 3.29 bits per heavy atom. The molecule has 1 aromatic rings. The molecule has 0 saturated heterocycles. The molecule has 1 aliphatic heterocycles. The molecule has 0 fully saturated rings. The van der Waals surface area contributed by atoms with Crippen molar-refractivity contribution in [3.63, 3.8) is 0 Å². The van der Waals surface area contributed by atoms with Crippen molar-refractivity contribution < 1.29 is 14.3 Å². The van der Waals surface area contributed by atoms with Crippen LogP contribution in [-0.4, -0.2) is 30.8 Å². The maximum atomic E-state index is 11.8. The number of fused-ring (bicyclic) bond motifs is 1. The van der Waals surface area contributed by atoms with Crippen molar-refractivity contribution in [3.8, 4) is 5.75 Å². The zero-order valence-corrected chi connectivity index (χ0v) is 10.8. The lowest BCUT2D eigenvalue weighted by molar-refractivity contribution is 0.0960. The van der Waals surface area contributed by atoms with Crippen LogP contribution in [-0.2, 0) is 11.3 Å². The van der Waals surface area contributed by atoms with Gasteiger partial charge in [0, 0.05) is 10.9 Å². The number of carbonyl (C=O) groups is 1. The van der Waals surface area contributed by atoms with Crippen LogP contribution < -0.4 is 4.74 Å². The van der Waals surface area contributed by atoms with E-state index in [1.165, 1.54) is 0 Å². The van der Waals surface area contributed by atoms with Crippen molar-refractivity contribution >= 4 is 17.4 Å². The molecular weight excluding hydrogens is 238 g/mol. The van der Waals surface area contributed by atoms with Gasteiger partial charge >= 0.3 is 6.09 Å². The van der Waals surface area contributed by atoms with Crippen LogP contribution in [0.5, 0.6) is 5.75 Å². The minimum absolute atomic E-state index is 0.235. The maximum Gasteiger partial charge on any atom is 0.410 e. The summed E-state index contributed by atoms with van der Waals surface area (Å²) in [5.41, 5.74) is 1.07. The van der Waals surface area contributed by atoms with Gasteiger partial charge in [0.2, 0.25) is 0 Å². The lowest BCUT2D eigenvalue weighted by Crippen LogP contribution is -2.33. The Bertz CT molecular complexity index is 378. The molecule has 5 heteroatoms. The molecule has 1 aliphatic rings. The van der Waals surface area contributed by atoms with E-state index in [0.717, 1.165) is 24.2 Å². The highest BCUT2D eigenvalue weighted by Crippen LogP contribution is 2.27. The molecule has 2 rings (SSSR count). The van der Waals surface area contributed by atoms with E-state index in [1.807, 2.05) is 10.8 Å². The van der Waals surface area contributed by atoms with Gasteiger partial charge in [-0.15, -0.1) is 11.3 Å². The predicted octanol–water partition coefficient (Wildman–Crippen LogP) is 2.88. The van der Waals surface area contributed by atoms with Crippen LogP contribution in [0.3, 0.4) is 0 Å². The number of hydrogen-bond donors (Lipinski definition) is 0. The van der Waals surface area contributed by atoms with Crippen molar-refractivity contribution in [2.24, 2.45) is 0 Å². The molecule has 2 heterocycles. The number of thiophene rings is 1. The van der Waals surface area contributed by atoms with E-state index < -0.39 is 0 Å². The first kappa shape index (κ1) is 12.2. The number of hydrogen-bond acceptors (Lipinski definition) is 4. The van der Waals surface area contributed by atoms with Gasteiger partial charge in [-0.3, -0.25) is 0 Å². The van der Waals surface area contributed by atoms with E-state index in [0.29, 0.717) is 26.3 Å². The second-order valence-corrected chi connectivity index (χ2v) is 4.74. The highest BCUT2D eigenvalue weighted by Gasteiger charge is 2.21. The number of nitrogens with zero attached hydrogens (tertiary/aromatic N) is 1. The van der Waals surface area contributed by atoms with Gasteiger partial charge in [0.1, 0.15) is 12.4 Å². The van der Waals surface area contributed by atoms with Crippen molar-refractivity contribution in [1.29, 1.82) is 0 Å². The summed E-state index contributed by atoms with van der Waals surface area (Å²) >= 11 is 1.60. The summed E-state index contributed by atoms with van der Waals surface area (Å²) in [6, 6.07) is 0. The molecule has 1 aromatic heterocycles. The van der Waals surface area contributed by atoms with Crippen LogP contribution in [0.2, 0.25) is 0 Å². The highest BCUT2D eigenvalue weighted by atomic mass is 32.1. The molecule has 0 saturated carbocycles. The first-order chi connectivity index (χ1) is 8.31. The smallest absolute Gasteiger partial charge is 0.410 e. The molecule has 0 unspecified atom stereocenters. The van der Waals surface area contributed by atoms with Crippen molar-refractivity contribution in [3.05, 3.63) is 16.3 Å². The van der Waals surface area contributed by atoms with Gasteiger partial charge in [0.15, 0.2) is 0 Å². The number of ether oxygens (including phenoxy) is 2. The first-order valence-electron chi connectivity index (χ1n) is 5.91. The van der Waals surface area contributed by atoms with Crippen LogP contribution in [0.4, 0.5) is 4.79 Å². The molecule has 0 aliphatic carbocycles. The average molecular weight is 255 g/mol. The summed E-state index contributed by atoms with van der Waals surface area (Å²) in [5, 5.41) is 3.99. The van der Waals surface area contributed by atoms with Gasteiger partial charge in [-0.1, -0.05) is 13.3 Å². The van der Waals surface area contributed by atoms with Gasteiger partial charge < -0.3 is 14.4 Å². The Morgan fingerprint density at radius 2 is 2.47 bits per heavy atom. The second kappa shape index (κ2) is 5.91. The maximum absolute atomic E-state index is 11.8. The van der Waals surface area contributed by atoms with Crippen molar-refractivity contribution in [2.45, 2.75) is 26.3 Å². The van der Waals surface area contributed by atoms with Gasteiger partial charge in [-0.2, -0.15) is 0 Å². The molecule has 17 heavy (non-hydrogen) atoms. The summed E-state index contributed by atoms with van der Waals surface area (Å²) in [4.78, 5) is 13.5. The van der Waals surface area contributed by atoms with E-state index in [4.69, 9.17) is 9.47 Å². The van der Waals surface area contributed by atoms with E-state index in [1.54, 1.807) is 16.2 Å². The van der Waals surface area contributed by atoms with Crippen molar-refractivity contribution in [1.82, 2.24) is 4.90 Å². The molecule has 0 bridgehead atoms. The van der Waals surface area contributed by atoms with Crippen LogP contribution in [0.15, 0.2) is 10.8 Å². The summed E-state index contributed by atoms with van der Waals surface area (Å²) < 4.78 is 10.8. The topological polar surface area (TPSA) is 38.8 Å². The molecule has 0 spiro atoms. The third kappa shape index (κ3) is 3.12. The quantitative estimate of drug-likeness (QED) is 0.780. The molecule has 0 radical (unpaired) electrons. The summed E-state index contributed by atoms with van der Waals surface area (Å²) in [6.07, 6.45) is 1.71. The van der Waals surface area contributed by atoms with Gasteiger partial charge in [-0.25, -0.2) is 4.79 Å². The Hall–Kier alpha value is -1.23. The molecule has 0 aromatic carbocycles. The average Bonchev–Trinajstić information content (AvgIpc) is 2.66.